The molecule has 0 aliphatic heterocycles. The Bertz CT molecular complexity index is 1130. The lowest BCUT2D eigenvalue weighted by molar-refractivity contribution is -0.115. The van der Waals surface area contributed by atoms with E-state index in [4.69, 9.17) is 12.0 Å². The van der Waals surface area contributed by atoms with Crippen LogP contribution >= 0.6 is 0 Å². The van der Waals surface area contributed by atoms with E-state index in [1.165, 1.54) is 10.9 Å². The van der Waals surface area contributed by atoms with Gasteiger partial charge in [0.15, 0.2) is 5.78 Å². The average molecular weight is 494 g/mol. The highest BCUT2D eigenvalue weighted by Gasteiger charge is 2.10. The van der Waals surface area contributed by atoms with Crippen LogP contribution in [0.4, 0.5) is 8.78 Å². The fourth-order valence-corrected chi connectivity index (χ4v) is 2.56. The maximum Gasteiger partial charge on any atom is 0.295 e. The van der Waals surface area contributed by atoms with E-state index in [1.807, 2.05) is 66.6 Å². The summed E-state index contributed by atoms with van der Waals surface area (Å²) in [6.45, 7) is -0.496. The molecule has 0 radical (unpaired) electrons. The van der Waals surface area contributed by atoms with Crippen molar-refractivity contribution in [3.8, 4) is 12.3 Å². The minimum absolute atomic E-state index is 0.0451. The van der Waals surface area contributed by atoms with Gasteiger partial charge in [-0.2, -0.15) is 0 Å². The third kappa shape index (κ3) is 13.2. The van der Waals surface area contributed by atoms with Crippen LogP contribution in [-0.4, -0.2) is 46.6 Å². The molecule has 2 aromatic carbocycles. The number of amides is 1. The standard InChI is InChI=1S/C13H14FN3O.C10H9NO.C2H4FN3/c14-8-9-17-10-12(15-16-17)13(18)7-6-11-4-2-1-3-5-11;1-2-10(12)11-8-9-6-4-3-5-7-9;3-1-2-5-6-4/h1-5,10H,6-9H2;1,3-7H,8H2,(H,11,12);1-2H2/i14-1;;3-1. The Labute approximate surface area is 208 Å². The molecule has 1 heterocycles. The van der Waals surface area contributed by atoms with Gasteiger partial charge in [0.2, 0.25) is 0 Å². The molecule has 0 atom stereocenters. The second kappa shape index (κ2) is 18.8. The van der Waals surface area contributed by atoms with Gasteiger partial charge in [-0.1, -0.05) is 71.0 Å². The number of aryl methyl sites for hydroxylation is 2. The van der Waals surface area contributed by atoms with Gasteiger partial charge in [0.1, 0.15) is 12.4 Å². The number of halogens is 2. The van der Waals surface area contributed by atoms with Gasteiger partial charge in [-0.05, 0) is 29.0 Å². The van der Waals surface area contributed by atoms with Gasteiger partial charge in [0.25, 0.3) is 5.91 Å². The molecule has 3 aromatic rings. The highest BCUT2D eigenvalue weighted by Crippen LogP contribution is 2.06. The smallest absolute Gasteiger partial charge is 0.295 e. The van der Waals surface area contributed by atoms with E-state index >= 15 is 0 Å². The van der Waals surface area contributed by atoms with E-state index in [1.54, 1.807) is 0 Å². The zero-order chi connectivity index (χ0) is 26.4. The second-order valence-corrected chi connectivity index (χ2v) is 6.92. The molecular formula is C25H27F2N7O2. The molecule has 0 saturated heterocycles. The van der Waals surface area contributed by atoms with Crippen molar-refractivity contribution in [1.29, 1.82) is 0 Å². The van der Waals surface area contributed by atoms with Crippen molar-refractivity contribution in [3.05, 3.63) is 94.1 Å². The van der Waals surface area contributed by atoms with Gasteiger partial charge in [0, 0.05) is 17.9 Å². The number of nitrogens with zero attached hydrogens (tertiary/aromatic N) is 6. The van der Waals surface area contributed by atoms with Crippen molar-refractivity contribution >= 4 is 11.7 Å². The van der Waals surface area contributed by atoms with Crippen molar-refractivity contribution in [2.45, 2.75) is 25.9 Å². The third-order valence-electron chi connectivity index (χ3n) is 4.30. The first-order valence-electron chi connectivity index (χ1n) is 10.9. The molecule has 11 heteroatoms. The van der Waals surface area contributed by atoms with Gasteiger partial charge in [-0.25, -0.2) is 9.07 Å². The fraction of sp³-hybridized carbons (Fsp3) is 0.280. The number of aromatic nitrogens is 3. The molecule has 1 aromatic heterocycles. The van der Waals surface area contributed by atoms with Crippen LogP contribution in [0.25, 0.3) is 10.4 Å². The topological polar surface area (TPSA) is 126 Å². The summed E-state index contributed by atoms with van der Waals surface area (Å²) in [6, 6.07) is 19.4. The monoisotopic (exact) mass is 493 g/mol. The Morgan fingerprint density at radius 2 is 1.69 bits per heavy atom. The molecule has 0 bridgehead atoms. The van der Waals surface area contributed by atoms with Crippen LogP contribution in [0, 0.1) is 12.3 Å². The molecule has 0 aliphatic rings. The van der Waals surface area contributed by atoms with Gasteiger partial charge < -0.3 is 5.32 Å². The Morgan fingerprint density at radius 1 is 1.06 bits per heavy atom. The van der Waals surface area contributed by atoms with Crippen molar-refractivity contribution in [3.63, 3.8) is 0 Å². The number of benzene rings is 2. The van der Waals surface area contributed by atoms with E-state index in [9.17, 15) is 18.4 Å². The number of terminal acetylenes is 1. The molecule has 0 unspecified atom stereocenters. The van der Waals surface area contributed by atoms with Crippen LogP contribution in [0.1, 0.15) is 28.0 Å². The molecule has 3 rings (SSSR count). The number of rotatable bonds is 10. The van der Waals surface area contributed by atoms with Crippen LogP contribution in [-0.2, 0) is 24.3 Å². The van der Waals surface area contributed by atoms with Crippen molar-refractivity contribution in [2.75, 3.05) is 19.9 Å². The molecule has 188 valence electrons. The van der Waals surface area contributed by atoms with E-state index in [0.29, 0.717) is 25.1 Å². The summed E-state index contributed by atoms with van der Waals surface area (Å²) >= 11 is 0. The van der Waals surface area contributed by atoms with E-state index < -0.39 is 13.3 Å². The number of hydrogen-bond donors (Lipinski definition) is 1. The molecular weight excluding hydrogens is 466 g/mol. The highest BCUT2D eigenvalue weighted by atomic mass is 18.2. The zero-order valence-electron chi connectivity index (χ0n) is 19.6. The number of carbonyl (C=O) groups is 2. The van der Waals surface area contributed by atoms with Gasteiger partial charge in [0.05, 0.1) is 26.0 Å². The molecule has 36 heavy (non-hydrogen) atoms. The number of Topliss-reactive ketones (excluding diaryl/α,β-unsaturated/α-hetero) is 1. The quantitative estimate of drug-likeness (QED) is 0.149. The number of ketones is 1. The Balaban J connectivity index is 0.000000310. The molecule has 0 aliphatic carbocycles. The van der Waals surface area contributed by atoms with Gasteiger partial charge in [-0.15, -0.1) is 11.5 Å². The summed E-state index contributed by atoms with van der Waals surface area (Å²) in [4.78, 5) is 24.8. The summed E-state index contributed by atoms with van der Waals surface area (Å²) in [5, 5.41) is 12.9. The minimum atomic E-state index is -0.565. The SMILES string of the molecule is C#CC(=O)NCc1ccccc1.O=C(CCc1ccccc1)c1cn(CC[18F])nn1.[N-]=[N+]=NCC[18F]. The van der Waals surface area contributed by atoms with Crippen molar-refractivity contribution < 1.29 is 18.4 Å². The van der Waals surface area contributed by atoms with E-state index in [0.717, 1.165) is 11.1 Å². The van der Waals surface area contributed by atoms with Gasteiger partial charge in [-0.3, -0.25) is 14.0 Å². The zero-order valence-corrected chi connectivity index (χ0v) is 19.6. The number of nitrogens with one attached hydrogen (secondary N) is 1. The molecule has 9 nitrogen and oxygen atoms in total. The summed E-state index contributed by atoms with van der Waals surface area (Å²) in [7, 11) is 0. The van der Waals surface area contributed by atoms with Crippen LogP contribution in [0.3, 0.4) is 0 Å². The average Bonchev–Trinajstić information content (AvgIpc) is 3.40. The maximum absolute atomic E-state index is 12.1. The summed E-state index contributed by atoms with van der Waals surface area (Å²) in [6.07, 6.45) is 7.43. The van der Waals surface area contributed by atoms with Crippen molar-refractivity contribution in [1.82, 2.24) is 20.3 Å². The molecule has 1 amide bonds. The van der Waals surface area contributed by atoms with Crippen LogP contribution in [0.5, 0.6) is 0 Å². The number of hydrogen-bond acceptors (Lipinski definition) is 5. The molecule has 0 spiro atoms. The van der Waals surface area contributed by atoms with Gasteiger partial charge >= 0.3 is 0 Å². The van der Waals surface area contributed by atoms with E-state index in [2.05, 4.69) is 25.7 Å². The Morgan fingerprint density at radius 3 is 2.22 bits per heavy atom. The first kappa shape index (κ1) is 29.5. The largest absolute Gasteiger partial charge is 0.341 e. The normalized spacial score (nSPS) is 9.25. The fourth-order valence-electron chi connectivity index (χ4n) is 2.56. The van der Waals surface area contributed by atoms with Crippen molar-refractivity contribution in [2.24, 2.45) is 5.11 Å². The number of azide groups is 1. The third-order valence-corrected chi connectivity index (χ3v) is 4.30. The second-order valence-electron chi connectivity index (χ2n) is 6.92. The summed E-state index contributed by atoms with van der Waals surface area (Å²) < 4.78 is 24.3. The van der Waals surface area contributed by atoms with E-state index in [-0.39, 0.29) is 24.8 Å². The lowest BCUT2D eigenvalue weighted by atomic mass is 10.1. The first-order chi connectivity index (χ1) is 17.5. The summed E-state index contributed by atoms with van der Waals surface area (Å²) in [5.41, 5.74) is 9.95. The molecule has 1 N–H and O–H groups in total. The highest BCUT2D eigenvalue weighted by molar-refractivity contribution is 5.94. The predicted octanol–water partition coefficient (Wildman–Crippen LogP) is 4.27. The number of alkyl halides is 2. The molecule has 0 saturated carbocycles. The lowest BCUT2D eigenvalue weighted by Crippen LogP contribution is -2.20. The van der Waals surface area contributed by atoms with Crippen LogP contribution in [0.2, 0.25) is 0 Å². The number of carbonyl (C=O) groups excluding carboxylic acids is 2. The van der Waals surface area contributed by atoms with Crippen LogP contribution < -0.4 is 5.32 Å². The summed E-state index contributed by atoms with van der Waals surface area (Å²) in [5.74, 6) is 1.54. The maximum atomic E-state index is 12.1. The lowest BCUT2D eigenvalue weighted by Gasteiger charge is -1.99. The minimum Gasteiger partial charge on any atom is -0.341 e. The van der Waals surface area contributed by atoms with Crippen LogP contribution in [0.15, 0.2) is 72.0 Å². The Kier molecular flexibility index (Phi) is 15.4. The Hall–Kier alpha value is -4.55. The first-order valence-corrected chi connectivity index (χ1v) is 10.9. The molecule has 0 fully saturated rings. The predicted molar refractivity (Wildman–Crippen MR) is 132 cm³/mol.